The van der Waals surface area contributed by atoms with Crippen molar-refractivity contribution in [3.8, 4) is 28.6 Å². The molecule has 3 aromatic heterocycles. The zero-order chi connectivity index (χ0) is 19.5. The van der Waals surface area contributed by atoms with E-state index in [1.807, 2.05) is 34.9 Å². The van der Waals surface area contributed by atoms with Crippen LogP contribution < -0.4 is 19.5 Å². The van der Waals surface area contributed by atoms with E-state index in [2.05, 4.69) is 20.3 Å². The van der Waals surface area contributed by atoms with Crippen LogP contribution in [0.15, 0.2) is 55.1 Å². The number of benzene rings is 1. The van der Waals surface area contributed by atoms with Gasteiger partial charge in [-0.3, -0.25) is 4.40 Å². The topological polar surface area (TPSA) is 82.8 Å². The molecule has 4 aromatic rings. The number of nitrogens with one attached hydrogen (secondary N) is 1. The molecule has 1 aromatic carbocycles. The first-order chi connectivity index (χ1) is 13.7. The van der Waals surface area contributed by atoms with Gasteiger partial charge in [0.2, 0.25) is 5.88 Å². The van der Waals surface area contributed by atoms with Crippen LogP contribution in [0.3, 0.4) is 0 Å². The second-order valence-corrected chi connectivity index (χ2v) is 5.90. The van der Waals surface area contributed by atoms with Gasteiger partial charge in [0, 0.05) is 24.0 Å². The summed E-state index contributed by atoms with van der Waals surface area (Å²) in [7, 11) is 4.81. The average Bonchev–Trinajstić information content (AvgIpc) is 3.19. The molecular formula is C20H19N5O3. The van der Waals surface area contributed by atoms with Crippen molar-refractivity contribution in [3.05, 3.63) is 55.1 Å². The summed E-state index contributed by atoms with van der Waals surface area (Å²) in [6.07, 6.45) is 7.07. The van der Waals surface area contributed by atoms with Gasteiger partial charge in [-0.2, -0.15) is 0 Å². The van der Waals surface area contributed by atoms with E-state index in [0.717, 1.165) is 16.9 Å². The molecule has 3 heterocycles. The van der Waals surface area contributed by atoms with Crippen LogP contribution in [0, 0.1) is 0 Å². The monoisotopic (exact) mass is 377 g/mol. The van der Waals surface area contributed by atoms with Crippen molar-refractivity contribution in [1.29, 1.82) is 0 Å². The molecule has 4 rings (SSSR count). The van der Waals surface area contributed by atoms with E-state index in [1.54, 1.807) is 46.0 Å². The molecule has 0 atom stereocenters. The molecule has 1 N–H and O–H groups in total. The van der Waals surface area contributed by atoms with Gasteiger partial charge in [-0.25, -0.2) is 15.0 Å². The second kappa shape index (κ2) is 7.43. The number of fused-ring (bicyclic) bond motifs is 1. The van der Waals surface area contributed by atoms with E-state index in [1.165, 1.54) is 0 Å². The Morgan fingerprint density at radius 3 is 2.43 bits per heavy atom. The summed E-state index contributed by atoms with van der Waals surface area (Å²) in [5, 5.41) is 3.25. The highest BCUT2D eigenvalue weighted by Gasteiger charge is 2.13. The standard InChI is InChI=1S/C20H19N5O3/c1-26-16-6-4-13(10-17(16)27-2)15-12-23-20-19(21-8-9-25(15)20)24-14-5-7-18(28-3)22-11-14/h4-12H,1-3H3,(H,21,24). The van der Waals surface area contributed by atoms with Gasteiger partial charge < -0.3 is 19.5 Å². The molecule has 0 aliphatic heterocycles. The fourth-order valence-electron chi connectivity index (χ4n) is 2.93. The van der Waals surface area contributed by atoms with E-state index < -0.39 is 0 Å². The van der Waals surface area contributed by atoms with Gasteiger partial charge in [0.25, 0.3) is 0 Å². The van der Waals surface area contributed by atoms with Gasteiger partial charge in [0.1, 0.15) is 0 Å². The van der Waals surface area contributed by atoms with E-state index in [9.17, 15) is 0 Å². The Labute approximate surface area is 161 Å². The number of pyridine rings is 1. The highest BCUT2D eigenvalue weighted by molar-refractivity contribution is 5.74. The van der Waals surface area contributed by atoms with Crippen LogP contribution >= 0.6 is 0 Å². The van der Waals surface area contributed by atoms with E-state index >= 15 is 0 Å². The Hall–Kier alpha value is -3.81. The molecule has 0 aliphatic rings. The van der Waals surface area contributed by atoms with Crippen LogP contribution in [0.1, 0.15) is 0 Å². The predicted octanol–water partition coefficient (Wildman–Crippen LogP) is 3.56. The van der Waals surface area contributed by atoms with Crippen LogP contribution in [-0.4, -0.2) is 40.7 Å². The maximum absolute atomic E-state index is 5.41. The van der Waals surface area contributed by atoms with E-state index in [-0.39, 0.29) is 0 Å². The number of hydrogen-bond acceptors (Lipinski definition) is 7. The zero-order valence-electron chi connectivity index (χ0n) is 15.7. The maximum atomic E-state index is 5.41. The minimum absolute atomic E-state index is 0.549. The van der Waals surface area contributed by atoms with Crippen LogP contribution in [0.25, 0.3) is 16.9 Å². The van der Waals surface area contributed by atoms with Gasteiger partial charge in [0.05, 0.1) is 45.1 Å². The Bertz CT molecular complexity index is 1110. The molecule has 0 bridgehead atoms. The smallest absolute Gasteiger partial charge is 0.213 e. The largest absolute Gasteiger partial charge is 0.493 e. The molecule has 0 aliphatic carbocycles. The Balaban J connectivity index is 1.72. The summed E-state index contributed by atoms with van der Waals surface area (Å²) in [6.45, 7) is 0. The first kappa shape index (κ1) is 17.6. The number of ether oxygens (including phenoxy) is 3. The molecule has 28 heavy (non-hydrogen) atoms. The average molecular weight is 377 g/mol. The molecule has 0 radical (unpaired) electrons. The zero-order valence-corrected chi connectivity index (χ0v) is 15.7. The van der Waals surface area contributed by atoms with Crippen molar-refractivity contribution in [3.63, 3.8) is 0 Å². The lowest BCUT2D eigenvalue weighted by atomic mass is 10.1. The first-order valence-corrected chi connectivity index (χ1v) is 8.55. The molecule has 0 saturated carbocycles. The Morgan fingerprint density at radius 2 is 1.71 bits per heavy atom. The highest BCUT2D eigenvalue weighted by atomic mass is 16.5. The van der Waals surface area contributed by atoms with Crippen molar-refractivity contribution in [2.24, 2.45) is 0 Å². The summed E-state index contributed by atoms with van der Waals surface area (Å²) >= 11 is 0. The van der Waals surface area contributed by atoms with Crippen LogP contribution in [0.5, 0.6) is 17.4 Å². The minimum Gasteiger partial charge on any atom is -0.493 e. The van der Waals surface area contributed by atoms with Crippen LogP contribution in [-0.2, 0) is 0 Å². The van der Waals surface area contributed by atoms with Crippen molar-refractivity contribution in [2.75, 3.05) is 26.6 Å². The number of imidazole rings is 1. The van der Waals surface area contributed by atoms with Crippen molar-refractivity contribution in [1.82, 2.24) is 19.4 Å². The molecule has 0 fully saturated rings. The fourth-order valence-corrected chi connectivity index (χ4v) is 2.93. The molecule has 8 nitrogen and oxygen atoms in total. The molecule has 8 heteroatoms. The Morgan fingerprint density at radius 1 is 0.857 bits per heavy atom. The summed E-state index contributed by atoms with van der Waals surface area (Å²) in [4.78, 5) is 13.2. The maximum Gasteiger partial charge on any atom is 0.213 e. The van der Waals surface area contributed by atoms with Gasteiger partial charge in [-0.15, -0.1) is 0 Å². The number of nitrogens with zero attached hydrogens (tertiary/aromatic N) is 4. The molecule has 0 amide bonds. The summed E-state index contributed by atoms with van der Waals surface area (Å²) in [6, 6.07) is 9.41. The van der Waals surface area contributed by atoms with Crippen LogP contribution in [0.2, 0.25) is 0 Å². The van der Waals surface area contributed by atoms with Crippen molar-refractivity contribution >= 4 is 17.2 Å². The molecule has 0 saturated heterocycles. The number of methoxy groups -OCH3 is 3. The van der Waals surface area contributed by atoms with E-state index in [4.69, 9.17) is 14.2 Å². The summed E-state index contributed by atoms with van der Waals surface area (Å²) < 4.78 is 17.8. The number of hydrogen-bond donors (Lipinski definition) is 1. The SMILES string of the molecule is COc1ccc(Nc2nccn3c(-c4ccc(OC)c(OC)c4)cnc23)cn1. The minimum atomic E-state index is 0.549. The van der Waals surface area contributed by atoms with Crippen molar-refractivity contribution < 1.29 is 14.2 Å². The molecule has 0 spiro atoms. The molecule has 142 valence electrons. The normalized spacial score (nSPS) is 10.7. The number of anilines is 2. The van der Waals surface area contributed by atoms with Crippen LogP contribution in [0.4, 0.5) is 11.5 Å². The molecular weight excluding hydrogens is 358 g/mol. The highest BCUT2D eigenvalue weighted by Crippen LogP contribution is 2.33. The lowest BCUT2D eigenvalue weighted by Crippen LogP contribution is -1.99. The van der Waals surface area contributed by atoms with E-state index in [0.29, 0.717) is 28.8 Å². The fraction of sp³-hybridized carbons (Fsp3) is 0.150. The molecule has 0 unspecified atom stereocenters. The second-order valence-electron chi connectivity index (χ2n) is 5.90. The number of aromatic nitrogens is 4. The van der Waals surface area contributed by atoms with Crippen molar-refractivity contribution in [2.45, 2.75) is 0 Å². The summed E-state index contributed by atoms with van der Waals surface area (Å²) in [5.74, 6) is 2.51. The third kappa shape index (κ3) is 3.16. The third-order valence-corrected chi connectivity index (χ3v) is 4.32. The van der Waals surface area contributed by atoms with Gasteiger partial charge >= 0.3 is 0 Å². The van der Waals surface area contributed by atoms with Gasteiger partial charge in [-0.1, -0.05) is 0 Å². The lowest BCUT2D eigenvalue weighted by molar-refractivity contribution is 0.355. The predicted molar refractivity (Wildman–Crippen MR) is 106 cm³/mol. The summed E-state index contributed by atoms with van der Waals surface area (Å²) in [5.41, 5.74) is 3.35. The lowest BCUT2D eigenvalue weighted by Gasteiger charge is -2.10. The number of rotatable bonds is 6. The quantitative estimate of drug-likeness (QED) is 0.550. The first-order valence-electron chi connectivity index (χ1n) is 8.55. The third-order valence-electron chi connectivity index (χ3n) is 4.32. The van der Waals surface area contributed by atoms with Gasteiger partial charge in [0.15, 0.2) is 23.0 Å². The Kier molecular flexibility index (Phi) is 4.67. The van der Waals surface area contributed by atoms with Gasteiger partial charge in [-0.05, 0) is 24.3 Å².